The van der Waals surface area contributed by atoms with E-state index in [4.69, 9.17) is 9.47 Å². The Morgan fingerprint density at radius 3 is 1.27 bits per heavy atom. The maximum absolute atomic E-state index is 13.4. The van der Waals surface area contributed by atoms with E-state index in [0.717, 1.165) is 0 Å². The van der Waals surface area contributed by atoms with E-state index in [9.17, 15) is 9.59 Å². The van der Waals surface area contributed by atoms with E-state index in [1.165, 1.54) is 22.3 Å². The van der Waals surface area contributed by atoms with Crippen molar-refractivity contribution < 1.29 is 19.1 Å². The van der Waals surface area contributed by atoms with Crippen LogP contribution in [0.15, 0.2) is 59.7 Å². The Hall–Kier alpha value is -3.14. The van der Waals surface area contributed by atoms with Gasteiger partial charge >= 0.3 is 11.9 Å². The smallest absolute Gasteiger partial charge is 0.340 e. The van der Waals surface area contributed by atoms with Gasteiger partial charge in [0.2, 0.25) is 0 Å². The zero-order valence-electron chi connectivity index (χ0n) is 23.4. The first-order valence-electron chi connectivity index (χ1n) is 13.6. The number of ether oxygens (including phenoxy) is 2. The summed E-state index contributed by atoms with van der Waals surface area (Å²) in [4.78, 5) is 26.8. The van der Waals surface area contributed by atoms with Crippen LogP contribution in [0.5, 0.6) is 11.5 Å². The summed E-state index contributed by atoms with van der Waals surface area (Å²) >= 11 is 0. The summed E-state index contributed by atoms with van der Waals surface area (Å²) in [5.74, 6) is 1.24. The highest BCUT2D eigenvalue weighted by atomic mass is 16.5. The molecule has 0 spiro atoms. The minimum Gasteiger partial charge on any atom is -0.423 e. The fourth-order valence-electron chi connectivity index (χ4n) is 5.66. The molecule has 4 nitrogen and oxygen atoms in total. The standard InChI is InChI=1S/C33H40O4/c1-18(2)26-13-11-24(16-28(26)20(5)6)36-32(34)30-22-9-10-23(15-22)31(30)33(35)37-25-12-14-27(19(3)4)29(17-25)21(7)8/h9-14,16-23H,15H2,1-8H3. The molecule has 0 saturated heterocycles. The number of rotatable bonds is 8. The summed E-state index contributed by atoms with van der Waals surface area (Å²) in [7, 11) is 0. The van der Waals surface area contributed by atoms with Gasteiger partial charge in [0.1, 0.15) is 11.5 Å². The quantitative estimate of drug-likeness (QED) is 0.208. The van der Waals surface area contributed by atoms with Gasteiger partial charge in [-0.2, -0.15) is 0 Å². The van der Waals surface area contributed by atoms with Gasteiger partial charge in [0.15, 0.2) is 0 Å². The SMILES string of the molecule is CC(C)c1ccc(OC(=O)C2=C(C(=O)Oc3ccc(C(C)C)c(C(C)C)c3)C3C=CC2C3)cc1C(C)C. The first-order valence-corrected chi connectivity index (χ1v) is 13.6. The van der Waals surface area contributed by atoms with Crippen LogP contribution in [0.1, 0.15) is 108 Å². The van der Waals surface area contributed by atoms with Crippen molar-refractivity contribution in [3.63, 3.8) is 0 Å². The van der Waals surface area contributed by atoms with E-state index < -0.39 is 11.9 Å². The van der Waals surface area contributed by atoms with Crippen molar-refractivity contribution >= 4 is 11.9 Å². The lowest BCUT2D eigenvalue weighted by atomic mass is 9.90. The summed E-state index contributed by atoms with van der Waals surface area (Å²) in [6.45, 7) is 17.2. The van der Waals surface area contributed by atoms with Gasteiger partial charge in [0.25, 0.3) is 0 Å². The zero-order valence-corrected chi connectivity index (χ0v) is 23.4. The first kappa shape index (κ1) is 26.9. The normalized spacial score (nSPS) is 18.6. The monoisotopic (exact) mass is 500 g/mol. The molecule has 37 heavy (non-hydrogen) atoms. The highest BCUT2D eigenvalue weighted by Gasteiger charge is 2.43. The molecular formula is C33H40O4. The van der Waals surface area contributed by atoms with E-state index in [-0.39, 0.29) is 11.8 Å². The number of esters is 2. The molecule has 0 saturated carbocycles. The minimum absolute atomic E-state index is 0.117. The highest BCUT2D eigenvalue weighted by Crippen LogP contribution is 2.45. The van der Waals surface area contributed by atoms with E-state index in [0.29, 0.717) is 52.7 Å². The van der Waals surface area contributed by atoms with Crippen molar-refractivity contribution in [2.75, 3.05) is 0 Å². The second-order valence-corrected chi connectivity index (χ2v) is 11.6. The van der Waals surface area contributed by atoms with Gasteiger partial charge in [-0.05, 0) is 76.6 Å². The lowest BCUT2D eigenvalue weighted by Gasteiger charge is -2.19. The molecule has 2 aromatic carbocycles. The van der Waals surface area contributed by atoms with Crippen LogP contribution in [0.3, 0.4) is 0 Å². The van der Waals surface area contributed by atoms with E-state index in [1.807, 2.05) is 48.6 Å². The van der Waals surface area contributed by atoms with Crippen LogP contribution in [0, 0.1) is 11.8 Å². The van der Waals surface area contributed by atoms with Crippen LogP contribution in [0.4, 0.5) is 0 Å². The predicted molar refractivity (Wildman–Crippen MR) is 148 cm³/mol. The number of carbonyl (C=O) groups excluding carboxylic acids is 2. The van der Waals surface area contributed by atoms with E-state index in [2.05, 4.69) is 55.4 Å². The van der Waals surface area contributed by atoms with Crippen molar-refractivity contribution in [1.29, 1.82) is 0 Å². The molecule has 0 N–H and O–H groups in total. The van der Waals surface area contributed by atoms with Gasteiger partial charge in [-0.3, -0.25) is 0 Å². The summed E-state index contributed by atoms with van der Waals surface area (Å²) in [6.07, 6.45) is 4.73. The average Bonchev–Trinajstić information content (AvgIpc) is 3.45. The lowest BCUT2D eigenvalue weighted by molar-refractivity contribution is -0.133. The third kappa shape index (κ3) is 5.44. The Morgan fingerprint density at radius 1 is 0.595 bits per heavy atom. The van der Waals surface area contributed by atoms with Crippen LogP contribution in [-0.2, 0) is 9.59 Å². The molecule has 2 aromatic rings. The van der Waals surface area contributed by atoms with E-state index in [1.54, 1.807) is 0 Å². The number of carbonyl (C=O) groups is 2. The first-order chi connectivity index (χ1) is 17.5. The Morgan fingerprint density at radius 2 is 0.946 bits per heavy atom. The summed E-state index contributed by atoms with van der Waals surface area (Å²) in [5.41, 5.74) is 5.72. The van der Waals surface area contributed by atoms with Crippen LogP contribution in [-0.4, -0.2) is 11.9 Å². The largest absolute Gasteiger partial charge is 0.423 e. The highest BCUT2D eigenvalue weighted by molar-refractivity contribution is 6.04. The second kappa shape index (κ2) is 10.7. The minimum atomic E-state index is -0.464. The molecule has 0 radical (unpaired) electrons. The zero-order chi connectivity index (χ0) is 27.0. The summed E-state index contributed by atoms with van der Waals surface area (Å²) in [5, 5.41) is 0. The van der Waals surface area contributed by atoms with Crippen LogP contribution >= 0.6 is 0 Å². The van der Waals surface area contributed by atoms with Crippen LogP contribution in [0.2, 0.25) is 0 Å². The van der Waals surface area contributed by atoms with Gasteiger partial charge < -0.3 is 9.47 Å². The maximum Gasteiger partial charge on any atom is 0.340 e. The topological polar surface area (TPSA) is 52.6 Å². The molecule has 4 rings (SSSR count). The van der Waals surface area contributed by atoms with Crippen molar-refractivity contribution in [2.24, 2.45) is 11.8 Å². The number of allylic oxidation sites excluding steroid dienone is 2. The third-order valence-corrected chi connectivity index (χ3v) is 7.58. The molecule has 0 amide bonds. The number of benzene rings is 2. The maximum atomic E-state index is 13.4. The molecule has 2 aliphatic carbocycles. The Kier molecular flexibility index (Phi) is 7.77. The third-order valence-electron chi connectivity index (χ3n) is 7.58. The van der Waals surface area contributed by atoms with Crippen molar-refractivity contribution in [1.82, 2.24) is 0 Å². The Balaban J connectivity index is 1.61. The lowest BCUT2D eigenvalue weighted by Crippen LogP contribution is -2.22. The molecular weight excluding hydrogens is 460 g/mol. The van der Waals surface area contributed by atoms with Crippen LogP contribution in [0.25, 0.3) is 0 Å². The van der Waals surface area contributed by atoms with Gasteiger partial charge in [-0.25, -0.2) is 9.59 Å². The van der Waals surface area contributed by atoms with Crippen LogP contribution < -0.4 is 9.47 Å². The summed E-state index contributed by atoms with van der Waals surface area (Å²) in [6, 6.07) is 11.7. The molecule has 0 aliphatic heterocycles. The molecule has 2 unspecified atom stereocenters. The Bertz CT molecular complexity index is 1160. The molecule has 4 heteroatoms. The van der Waals surface area contributed by atoms with Gasteiger partial charge in [-0.1, -0.05) is 79.7 Å². The molecule has 2 aliphatic rings. The van der Waals surface area contributed by atoms with Crippen molar-refractivity contribution in [3.05, 3.63) is 82.0 Å². The fourth-order valence-corrected chi connectivity index (χ4v) is 5.66. The molecule has 2 atom stereocenters. The van der Waals surface area contributed by atoms with Crippen molar-refractivity contribution in [3.8, 4) is 11.5 Å². The molecule has 196 valence electrons. The predicted octanol–water partition coefficient (Wildman–Crippen LogP) is 8.19. The molecule has 0 heterocycles. The van der Waals surface area contributed by atoms with Gasteiger partial charge in [-0.15, -0.1) is 0 Å². The number of hydrogen-bond donors (Lipinski definition) is 0. The number of fused-ring (bicyclic) bond motifs is 2. The van der Waals surface area contributed by atoms with E-state index >= 15 is 0 Å². The van der Waals surface area contributed by atoms with Gasteiger partial charge in [0.05, 0.1) is 11.1 Å². The van der Waals surface area contributed by atoms with Gasteiger partial charge in [0, 0.05) is 11.8 Å². The number of hydrogen-bond acceptors (Lipinski definition) is 4. The molecule has 0 aromatic heterocycles. The fraction of sp³-hybridized carbons (Fsp3) is 0.455. The summed E-state index contributed by atoms with van der Waals surface area (Å²) < 4.78 is 11.7. The Labute approximate surface area is 221 Å². The van der Waals surface area contributed by atoms with Crippen molar-refractivity contribution in [2.45, 2.75) is 85.5 Å². The molecule has 2 bridgehead atoms. The second-order valence-electron chi connectivity index (χ2n) is 11.6. The average molecular weight is 501 g/mol. The molecule has 0 fully saturated rings.